The molecule has 0 fully saturated rings. The van der Waals surface area contributed by atoms with Crippen molar-refractivity contribution in [2.24, 2.45) is 0 Å². The Morgan fingerprint density at radius 1 is 0.842 bits per heavy atom. The maximum absolute atomic E-state index is 13.1. The summed E-state index contributed by atoms with van der Waals surface area (Å²) in [6.45, 7) is 4.19. The van der Waals surface area contributed by atoms with Crippen LogP contribution in [-0.4, -0.2) is 4.98 Å². The van der Waals surface area contributed by atoms with Crippen LogP contribution >= 0.6 is 0 Å². The summed E-state index contributed by atoms with van der Waals surface area (Å²) in [6.07, 6.45) is 0. The summed E-state index contributed by atoms with van der Waals surface area (Å²) >= 11 is 0. The molecule has 2 heteroatoms. The second-order valence-corrected chi connectivity index (χ2v) is 4.83. The zero-order valence-corrected chi connectivity index (χ0v) is 10.9. The van der Waals surface area contributed by atoms with E-state index in [-0.39, 0.29) is 5.82 Å². The van der Waals surface area contributed by atoms with Crippen molar-refractivity contribution < 1.29 is 4.39 Å². The number of fused-ring (bicyclic) bond motifs is 1. The van der Waals surface area contributed by atoms with E-state index in [9.17, 15) is 4.39 Å². The molecule has 0 amide bonds. The van der Waals surface area contributed by atoms with Crippen molar-refractivity contribution in [3.8, 4) is 11.3 Å². The highest BCUT2D eigenvalue weighted by atomic mass is 19.1. The Morgan fingerprint density at radius 2 is 1.68 bits per heavy atom. The van der Waals surface area contributed by atoms with E-state index in [4.69, 9.17) is 0 Å². The molecule has 3 rings (SSSR count). The molecule has 0 atom stereocenters. The fourth-order valence-corrected chi connectivity index (χ4v) is 2.16. The Labute approximate surface area is 111 Å². The number of aryl methyl sites for hydroxylation is 2. The lowest BCUT2D eigenvalue weighted by Crippen LogP contribution is -1.88. The molecule has 0 bridgehead atoms. The molecular formula is C17H14FN. The molecule has 0 N–H and O–H groups in total. The number of pyridine rings is 1. The topological polar surface area (TPSA) is 12.9 Å². The lowest BCUT2D eigenvalue weighted by molar-refractivity contribution is 0.629. The molecule has 0 aliphatic rings. The van der Waals surface area contributed by atoms with Gasteiger partial charge in [0.1, 0.15) is 5.82 Å². The SMILES string of the molecule is Cc1ccc(-c2ccc3cc(F)ccc3n2)cc1C. The van der Waals surface area contributed by atoms with Gasteiger partial charge < -0.3 is 0 Å². The molecule has 3 aromatic rings. The van der Waals surface area contributed by atoms with Gasteiger partial charge in [0.25, 0.3) is 0 Å². The van der Waals surface area contributed by atoms with E-state index in [1.807, 2.05) is 12.1 Å². The van der Waals surface area contributed by atoms with Crippen molar-refractivity contribution >= 4 is 10.9 Å². The van der Waals surface area contributed by atoms with Crippen LogP contribution in [0.1, 0.15) is 11.1 Å². The predicted octanol–water partition coefficient (Wildman–Crippen LogP) is 4.66. The van der Waals surface area contributed by atoms with Gasteiger partial charge in [-0.25, -0.2) is 9.37 Å². The quantitative estimate of drug-likeness (QED) is 0.613. The maximum Gasteiger partial charge on any atom is 0.123 e. The first-order valence-corrected chi connectivity index (χ1v) is 6.27. The zero-order chi connectivity index (χ0) is 13.4. The minimum atomic E-state index is -0.228. The molecule has 94 valence electrons. The second-order valence-electron chi connectivity index (χ2n) is 4.83. The Kier molecular flexibility index (Phi) is 2.79. The van der Waals surface area contributed by atoms with Crippen LogP contribution in [0.3, 0.4) is 0 Å². The summed E-state index contributed by atoms with van der Waals surface area (Å²) in [5, 5.41) is 0.826. The molecule has 19 heavy (non-hydrogen) atoms. The fraction of sp³-hybridized carbons (Fsp3) is 0.118. The Morgan fingerprint density at radius 3 is 2.47 bits per heavy atom. The normalized spacial score (nSPS) is 10.9. The molecule has 1 heterocycles. The van der Waals surface area contributed by atoms with Crippen LogP contribution in [-0.2, 0) is 0 Å². The number of nitrogens with zero attached hydrogens (tertiary/aromatic N) is 1. The minimum absolute atomic E-state index is 0.228. The molecule has 0 aliphatic heterocycles. The first-order chi connectivity index (χ1) is 9.13. The van der Waals surface area contributed by atoms with E-state index in [1.165, 1.54) is 23.3 Å². The molecule has 0 spiro atoms. The van der Waals surface area contributed by atoms with Crippen molar-refractivity contribution in [3.63, 3.8) is 0 Å². The molecular weight excluding hydrogens is 237 g/mol. The van der Waals surface area contributed by atoms with Gasteiger partial charge in [-0.3, -0.25) is 0 Å². The summed E-state index contributed by atoms with van der Waals surface area (Å²) in [7, 11) is 0. The number of benzene rings is 2. The van der Waals surface area contributed by atoms with Crippen LogP contribution in [0.15, 0.2) is 48.5 Å². The number of hydrogen-bond donors (Lipinski definition) is 0. The molecule has 1 nitrogen and oxygen atoms in total. The van der Waals surface area contributed by atoms with Gasteiger partial charge in [0.05, 0.1) is 11.2 Å². The molecule has 1 aromatic heterocycles. The van der Waals surface area contributed by atoms with E-state index >= 15 is 0 Å². The summed E-state index contributed by atoms with van der Waals surface area (Å²) in [4.78, 5) is 4.59. The molecule has 0 saturated carbocycles. The number of aromatic nitrogens is 1. The summed E-state index contributed by atoms with van der Waals surface area (Å²) < 4.78 is 13.1. The first-order valence-electron chi connectivity index (χ1n) is 6.27. The van der Waals surface area contributed by atoms with Crippen molar-refractivity contribution in [1.82, 2.24) is 4.98 Å². The van der Waals surface area contributed by atoms with Gasteiger partial charge in [-0.2, -0.15) is 0 Å². The van der Waals surface area contributed by atoms with Gasteiger partial charge in [-0.1, -0.05) is 18.2 Å². The largest absolute Gasteiger partial charge is 0.248 e. The highest BCUT2D eigenvalue weighted by Crippen LogP contribution is 2.23. The lowest BCUT2D eigenvalue weighted by atomic mass is 10.0. The third-order valence-electron chi connectivity index (χ3n) is 3.45. The fourth-order valence-electron chi connectivity index (χ4n) is 2.16. The first kappa shape index (κ1) is 11.8. The second kappa shape index (κ2) is 4.47. The van der Waals surface area contributed by atoms with Crippen molar-refractivity contribution in [1.29, 1.82) is 0 Å². The zero-order valence-electron chi connectivity index (χ0n) is 10.9. The highest BCUT2D eigenvalue weighted by Gasteiger charge is 2.03. The molecule has 0 aliphatic carbocycles. The third kappa shape index (κ3) is 2.22. The van der Waals surface area contributed by atoms with Crippen LogP contribution in [0.5, 0.6) is 0 Å². The van der Waals surface area contributed by atoms with Gasteiger partial charge in [0, 0.05) is 10.9 Å². The Balaban J connectivity index is 2.14. The summed E-state index contributed by atoms with van der Waals surface area (Å²) in [6, 6.07) is 14.8. The number of halogens is 1. The van der Waals surface area contributed by atoms with Crippen molar-refractivity contribution in [3.05, 3.63) is 65.5 Å². The smallest absolute Gasteiger partial charge is 0.123 e. The van der Waals surface area contributed by atoms with E-state index in [0.717, 1.165) is 22.2 Å². The van der Waals surface area contributed by atoms with Crippen LogP contribution in [0.4, 0.5) is 4.39 Å². The van der Waals surface area contributed by atoms with Crippen molar-refractivity contribution in [2.45, 2.75) is 13.8 Å². The minimum Gasteiger partial charge on any atom is -0.248 e. The van der Waals surface area contributed by atoms with Crippen molar-refractivity contribution in [2.75, 3.05) is 0 Å². The van der Waals surface area contributed by atoms with E-state index in [0.29, 0.717) is 0 Å². The van der Waals surface area contributed by atoms with Gasteiger partial charge in [-0.15, -0.1) is 0 Å². The Bertz CT molecular complexity index is 762. The van der Waals surface area contributed by atoms with Crippen LogP contribution in [0.25, 0.3) is 22.2 Å². The molecule has 2 aromatic carbocycles. The number of hydrogen-bond acceptors (Lipinski definition) is 1. The van der Waals surface area contributed by atoms with Gasteiger partial charge >= 0.3 is 0 Å². The highest BCUT2D eigenvalue weighted by molar-refractivity contribution is 5.81. The maximum atomic E-state index is 13.1. The van der Waals surface area contributed by atoms with Crippen LogP contribution in [0.2, 0.25) is 0 Å². The van der Waals surface area contributed by atoms with Gasteiger partial charge in [0.2, 0.25) is 0 Å². The van der Waals surface area contributed by atoms with Gasteiger partial charge in [-0.05, 0) is 55.3 Å². The molecule has 0 saturated heterocycles. The predicted molar refractivity (Wildman–Crippen MR) is 76.6 cm³/mol. The molecule has 0 radical (unpaired) electrons. The summed E-state index contributed by atoms with van der Waals surface area (Å²) in [5.41, 5.74) is 5.35. The number of rotatable bonds is 1. The van der Waals surface area contributed by atoms with E-state index < -0.39 is 0 Å². The molecule has 0 unspecified atom stereocenters. The third-order valence-corrected chi connectivity index (χ3v) is 3.45. The Hall–Kier alpha value is -2.22. The van der Waals surface area contributed by atoms with Crippen LogP contribution < -0.4 is 0 Å². The van der Waals surface area contributed by atoms with Crippen LogP contribution in [0, 0.1) is 19.7 Å². The van der Waals surface area contributed by atoms with Gasteiger partial charge in [0.15, 0.2) is 0 Å². The lowest BCUT2D eigenvalue weighted by Gasteiger charge is -2.06. The average molecular weight is 251 g/mol. The monoisotopic (exact) mass is 251 g/mol. The standard InChI is InChI=1S/C17H14FN/c1-11-3-4-13(9-12(11)2)16-7-5-14-10-15(18)6-8-17(14)19-16/h3-10H,1-2H3. The summed E-state index contributed by atoms with van der Waals surface area (Å²) in [5.74, 6) is -0.228. The average Bonchev–Trinajstić information content (AvgIpc) is 2.41. The van der Waals surface area contributed by atoms with E-state index in [1.54, 1.807) is 6.07 Å². The van der Waals surface area contributed by atoms with E-state index in [2.05, 4.69) is 37.0 Å².